The van der Waals surface area contributed by atoms with Crippen molar-refractivity contribution in [1.82, 2.24) is 9.97 Å². The number of aromatic carboxylic acids is 1. The minimum absolute atomic E-state index is 0.208. The summed E-state index contributed by atoms with van der Waals surface area (Å²) in [5.74, 6) is 2.90. The number of nitrogens with zero attached hydrogens (tertiary/aromatic N) is 1. The van der Waals surface area contributed by atoms with Crippen LogP contribution in [-0.2, 0) is 6.42 Å². The summed E-state index contributed by atoms with van der Waals surface area (Å²) in [6, 6.07) is 5.05. The Kier molecular flexibility index (Phi) is 6.17. The maximum Gasteiger partial charge on any atom is 0.336 e. The third-order valence-electron chi connectivity index (χ3n) is 9.80. The van der Waals surface area contributed by atoms with Crippen molar-refractivity contribution in [2.45, 2.75) is 96.3 Å². The Morgan fingerprint density at radius 1 is 1.06 bits per heavy atom. The number of benzene rings is 1. The van der Waals surface area contributed by atoms with E-state index in [1.807, 2.05) is 0 Å². The first-order valence-corrected chi connectivity index (χ1v) is 14.1. The molecule has 1 aromatic heterocycles. The number of carboxylic acid groups (broad SMARTS) is 1. The number of carboxylic acids is 1. The molecular formula is C30H39N3O3. The molecule has 0 atom stereocenters. The molecule has 5 fully saturated rings. The number of carbonyl (C=O) groups excluding carboxylic acids is 1. The van der Waals surface area contributed by atoms with Crippen molar-refractivity contribution in [3.63, 3.8) is 0 Å². The van der Waals surface area contributed by atoms with Crippen molar-refractivity contribution < 1.29 is 14.7 Å². The number of aryl methyl sites for hydroxylation is 2. The van der Waals surface area contributed by atoms with E-state index in [1.165, 1.54) is 57.8 Å². The molecule has 6 nitrogen and oxygen atoms in total. The Hall–Kier alpha value is -2.63. The lowest BCUT2D eigenvalue weighted by atomic mass is 9.48. The highest BCUT2D eigenvalue weighted by Crippen LogP contribution is 2.61. The molecule has 0 aliphatic heterocycles. The SMILES string of the molecule is Cc1ccc(NC(=O)c2nc(C3CCCCC3)[nH]c2CCC23CC4CC(CC(C4)C2)C3)cc1C(=O)O. The molecule has 0 saturated heterocycles. The van der Waals surface area contributed by atoms with E-state index < -0.39 is 5.97 Å². The average Bonchev–Trinajstić information content (AvgIpc) is 3.28. The molecular weight excluding hydrogens is 450 g/mol. The van der Waals surface area contributed by atoms with E-state index in [1.54, 1.807) is 25.1 Å². The predicted octanol–water partition coefficient (Wildman–Crippen LogP) is 6.87. The number of rotatable bonds is 7. The number of carbonyl (C=O) groups is 2. The lowest BCUT2D eigenvalue weighted by molar-refractivity contribution is -0.0570. The highest BCUT2D eigenvalue weighted by atomic mass is 16.4. The van der Waals surface area contributed by atoms with Gasteiger partial charge in [0.1, 0.15) is 11.5 Å². The van der Waals surface area contributed by atoms with Gasteiger partial charge in [0, 0.05) is 17.3 Å². The first-order chi connectivity index (χ1) is 17.4. The third kappa shape index (κ3) is 4.59. The molecule has 5 aliphatic rings. The van der Waals surface area contributed by atoms with Crippen LogP contribution in [0.15, 0.2) is 18.2 Å². The van der Waals surface area contributed by atoms with Crippen molar-refractivity contribution in [3.05, 3.63) is 46.5 Å². The van der Waals surface area contributed by atoms with Crippen LogP contribution in [0.3, 0.4) is 0 Å². The lowest BCUT2D eigenvalue weighted by Gasteiger charge is -2.57. The maximum atomic E-state index is 13.5. The standard InChI is InChI=1S/C30H39N3O3/c1-18-7-8-23(14-24(18)29(35)36)31-28(34)26-25(32-27(33-26)22-5-3-2-4-6-22)9-10-30-15-19-11-20(16-30)13-21(12-19)17-30/h7-8,14,19-22H,2-6,9-13,15-17H2,1H3,(H,31,34)(H,32,33)(H,35,36). The van der Waals surface area contributed by atoms with Crippen LogP contribution in [0.2, 0.25) is 0 Å². The van der Waals surface area contributed by atoms with Crippen LogP contribution in [0.4, 0.5) is 5.69 Å². The van der Waals surface area contributed by atoms with E-state index in [0.717, 1.165) is 55.0 Å². The Bertz CT molecular complexity index is 1120. The second-order valence-electron chi connectivity index (χ2n) is 12.5. The van der Waals surface area contributed by atoms with E-state index in [-0.39, 0.29) is 11.5 Å². The van der Waals surface area contributed by atoms with E-state index in [2.05, 4.69) is 10.3 Å². The molecule has 0 radical (unpaired) electrons. The first-order valence-electron chi connectivity index (χ1n) is 14.1. The molecule has 5 saturated carbocycles. The summed E-state index contributed by atoms with van der Waals surface area (Å²) < 4.78 is 0. The van der Waals surface area contributed by atoms with Crippen molar-refractivity contribution in [2.24, 2.45) is 23.2 Å². The van der Waals surface area contributed by atoms with Crippen molar-refractivity contribution in [1.29, 1.82) is 0 Å². The van der Waals surface area contributed by atoms with Gasteiger partial charge in [0.2, 0.25) is 0 Å². The molecule has 6 heteroatoms. The van der Waals surface area contributed by atoms with Crippen LogP contribution < -0.4 is 5.32 Å². The topological polar surface area (TPSA) is 95.1 Å². The summed E-state index contributed by atoms with van der Waals surface area (Å²) in [7, 11) is 0. The fraction of sp³-hybridized carbons (Fsp3) is 0.633. The van der Waals surface area contributed by atoms with Gasteiger partial charge in [-0.1, -0.05) is 25.3 Å². The molecule has 4 bridgehead atoms. The number of aromatic amines is 1. The summed E-state index contributed by atoms with van der Waals surface area (Å²) in [6.07, 6.45) is 16.4. The summed E-state index contributed by atoms with van der Waals surface area (Å²) in [5.41, 5.74) is 3.30. The largest absolute Gasteiger partial charge is 0.478 e. The van der Waals surface area contributed by atoms with Crippen LogP contribution in [0, 0.1) is 30.1 Å². The zero-order valence-electron chi connectivity index (χ0n) is 21.4. The van der Waals surface area contributed by atoms with Gasteiger partial charge in [-0.3, -0.25) is 4.79 Å². The van der Waals surface area contributed by atoms with Crippen LogP contribution in [-0.4, -0.2) is 27.0 Å². The van der Waals surface area contributed by atoms with E-state index in [0.29, 0.717) is 28.3 Å². The fourth-order valence-corrected chi connectivity index (χ4v) is 8.47. The number of hydrogen-bond donors (Lipinski definition) is 3. The van der Waals surface area contributed by atoms with Gasteiger partial charge in [0.15, 0.2) is 0 Å². The lowest BCUT2D eigenvalue weighted by Crippen LogP contribution is -2.46. The van der Waals surface area contributed by atoms with Crippen molar-refractivity contribution >= 4 is 17.6 Å². The van der Waals surface area contributed by atoms with Crippen LogP contribution in [0.5, 0.6) is 0 Å². The van der Waals surface area contributed by atoms with Crippen LogP contribution in [0.1, 0.15) is 121 Å². The quantitative estimate of drug-likeness (QED) is 0.396. The predicted molar refractivity (Wildman–Crippen MR) is 139 cm³/mol. The van der Waals surface area contributed by atoms with Gasteiger partial charge in [-0.15, -0.1) is 0 Å². The number of imidazole rings is 1. The molecule has 1 amide bonds. The number of nitrogens with one attached hydrogen (secondary N) is 2. The van der Waals surface area contributed by atoms with Gasteiger partial charge in [0.05, 0.1) is 5.56 Å². The van der Waals surface area contributed by atoms with Gasteiger partial charge in [-0.2, -0.15) is 0 Å². The second-order valence-corrected chi connectivity index (χ2v) is 12.5. The van der Waals surface area contributed by atoms with E-state index in [4.69, 9.17) is 4.98 Å². The second kappa shape index (κ2) is 9.35. The Morgan fingerprint density at radius 2 is 1.72 bits per heavy atom. The number of aromatic nitrogens is 2. The minimum atomic E-state index is -0.987. The molecule has 0 spiro atoms. The summed E-state index contributed by atoms with van der Waals surface area (Å²) >= 11 is 0. The summed E-state index contributed by atoms with van der Waals surface area (Å²) in [4.78, 5) is 33.6. The monoisotopic (exact) mass is 489 g/mol. The van der Waals surface area contributed by atoms with Gasteiger partial charge in [-0.25, -0.2) is 9.78 Å². The fourth-order valence-electron chi connectivity index (χ4n) is 8.47. The van der Waals surface area contributed by atoms with Crippen molar-refractivity contribution in [2.75, 3.05) is 5.32 Å². The zero-order chi connectivity index (χ0) is 24.9. The highest BCUT2D eigenvalue weighted by Gasteiger charge is 2.50. The minimum Gasteiger partial charge on any atom is -0.478 e. The highest BCUT2D eigenvalue weighted by molar-refractivity contribution is 6.04. The smallest absolute Gasteiger partial charge is 0.336 e. The third-order valence-corrected chi connectivity index (χ3v) is 9.80. The van der Waals surface area contributed by atoms with Crippen LogP contribution >= 0.6 is 0 Å². The molecule has 0 unspecified atom stereocenters. The van der Waals surface area contributed by atoms with Gasteiger partial charge in [-0.05, 0) is 112 Å². The molecule has 1 aromatic carbocycles. The van der Waals surface area contributed by atoms with E-state index >= 15 is 0 Å². The molecule has 7 rings (SSSR count). The van der Waals surface area contributed by atoms with Crippen molar-refractivity contribution in [3.8, 4) is 0 Å². The van der Waals surface area contributed by atoms with Gasteiger partial charge < -0.3 is 15.4 Å². The molecule has 36 heavy (non-hydrogen) atoms. The number of hydrogen-bond acceptors (Lipinski definition) is 3. The molecule has 3 N–H and O–H groups in total. The Morgan fingerprint density at radius 3 is 2.36 bits per heavy atom. The molecule has 1 heterocycles. The molecule has 2 aromatic rings. The van der Waals surface area contributed by atoms with Gasteiger partial charge >= 0.3 is 5.97 Å². The zero-order valence-corrected chi connectivity index (χ0v) is 21.4. The maximum absolute atomic E-state index is 13.5. The molecule has 5 aliphatic carbocycles. The van der Waals surface area contributed by atoms with Gasteiger partial charge in [0.25, 0.3) is 5.91 Å². The first kappa shape index (κ1) is 23.7. The number of amides is 1. The van der Waals surface area contributed by atoms with Crippen LogP contribution in [0.25, 0.3) is 0 Å². The summed E-state index contributed by atoms with van der Waals surface area (Å²) in [5, 5.41) is 12.4. The normalized spacial score (nSPS) is 29.4. The number of H-pyrrole nitrogens is 1. The number of anilines is 1. The summed E-state index contributed by atoms with van der Waals surface area (Å²) in [6.45, 7) is 1.77. The Balaban J connectivity index is 1.24. The average molecular weight is 490 g/mol. The van der Waals surface area contributed by atoms with E-state index in [9.17, 15) is 14.7 Å². The Labute approximate surface area is 213 Å². The molecule has 192 valence electrons.